The molecule has 41 heavy (non-hydrogen) atoms. The Morgan fingerprint density at radius 2 is 1.80 bits per heavy atom. The van der Waals surface area contributed by atoms with E-state index in [4.69, 9.17) is 4.74 Å². The summed E-state index contributed by atoms with van der Waals surface area (Å²) in [4.78, 5) is 6.70. The molecule has 0 fully saturated rings. The minimum Gasteiger partial charge on any atom is -0.359 e. The first kappa shape index (κ1) is 31.3. The number of hydrogen-bond acceptors (Lipinski definition) is 7. The van der Waals surface area contributed by atoms with Crippen LogP contribution in [-0.4, -0.2) is 68.2 Å². The Bertz CT molecular complexity index is 1420. The molecular formula is C30H44FN5O3SSi. The zero-order chi connectivity index (χ0) is 29.6. The van der Waals surface area contributed by atoms with Crippen LogP contribution >= 0.6 is 0 Å². The third-order valence-electron chi connectivity index (χ3n) is 7.58. The van der Waals surface area contributed by atoms with Crippen LogP contribution in [0.25, 0.3) is 11.1 Å². The van der Waals surface area contributed by atoms with Crippen molar-refractivity contribution in [1.82, 2.24) is 19.7 Å². The molecule has 0 spiro atoms. The van der Waals surface area contributed by atoms with E-state index in [2.05, 4.69) is 53.8 Å². The van der Waals surface area contributed by atoms with Crippen LogP contribution in [0.2, 0.25) is 25.7 Å². The summed E-state index contributed by atoms with van der Waals surface area (Å²) in [5, 5.41) is 7.76. The van der Waals surface area contributed by atoms with Crippen LogP contribution in [0.5, 0.6) is 0 Å². The monoisotopic (exact) mass is 601 g/mol. The summed E-state index contributed by atoms with van der Waals surface area (Å²) < 4.78 is 49.4. The summed E-state index contributed by atoms with van der Waals surface area (Å²) >= 11 is 0. The minimum absolute atomic E-state index is 0.00314. The molecule has 0 amide bonds. The van der Waals surface area contributed by atoms with Gasteiger partial charge in [-0.25, -0.2) is 17.5 Å². The molecule has 0 saturated heterocycles. The Kier molecular flexibility index (Phi) is 10.4. The number of hydrogen-bond donors (Lipinski definition) is 1. The molecule has 4 rings (SSSR count). The predicted molar refractivity (Wildman–Crippen MR) is 166 cm³/mol. The van der Waals surface area contributed by atoms with E-state index in [1.807, 2.05) is 30.3 Å². The van der Waals surface area contributed by atoms with Gasteiger partial charge in [-0.3, -0.25) is 0 Å². The molecule has 0 atom stereocenters. The second kappa shape index (κ2) is 13.6. The molecule has 11 heteroatoms. The van der Waals surface area contributed by atoms with Crippen LogP contribution in [0.15, 0.2) is 41.6 Å². The number of halogens is 1. The molecule has 0 aliphatic heterocycles. The van der Waals surface area contributed by atoms with E-state index < -0.39 is 17.9 Å². The van der Waals surface area contributed by atoms with Gasteiger partial charge in [0, 0.05) is 20.2 Å². The van der Waals surface area contributed by atoms with Crippen LogP contribution in [0, 0.1) is 5.82 Å². The third-order valence-corrected chi connectivity index (χ3v) is 11.0. The highest BCUT2D eigenvalue weighted by Gasteiger charge is 2.27. The van der Waals surface area contributed by atoms with Gasteiger partial charge in [0.1, 0.15) is 12.5 Å². The van der Waals surface area contributed by atoms with Crippen molar-refractivity contribution >= 4 is 29.5 Å². The van der Waals surface area contributed by atoms with Crippen LogP contribution in [0.1, 0.15) is 37.8 Å². The number of sulfone groups is 1. The normalized spacial score (nSPS) is 13.6. The highest BCUT2D eigenvalue weighted by molar-refractivity contribution is 7.91. The van der Waals surface area contributed by atoms with Crippen LogP contribution in [0.3, 0.4) is 0 Å². The molecule has 1 N–H and O–H groups in total. The van der Waals surface area contributed by atoms with Gasteiger partial charge in [-0.15, -0.1) is 5.10 Å². The fourth-order valence-corrected chi connectivity index (χ4v) is 7.25. The average Bonchev–Trinajstić information content (AvgIpc) is 3.59. The molecule has 1 aliphatic rings. The molecule has 0 bridgehead atoms. The van der Waals surface area contributed by atoms with Crippen molar-refractivity contribution in [3.05, 3.63) is 53.3 Å². The van der Waals surface area contributed by atoms with E-state index in [1.54, 1.807) is 6.07 Å². The maximum Gasteiger partial charge on any atom is 0.249 e. The highest BCUT2D eigenvalue weighted by atomic mass is 32.2. The maximum absolute atomic E-state index is 15.1. The summed E-state index contributed by atoms with van der Waals surface area (Å²) in [5.74, 6) is -0.0794. The zero-order valence-electron chi connectivity index (χ0n) is 25.0. The van der Waals surface area contributed by atoms with E-state index in [9.17, 15) is 8.42 Å². The lowest BCUT2D eigenvalue weighted by molar-refractivity contribution is 0.0715. The molecule has 0 saturated carbocycles. The van der Waals surface area contributed by atoms with Gasteiger partial charge >= 0.3 is 0 Å². The van der Waals surface area contributed by atoms with E-state index in [1.165, 1.54) is 4.68 Å². The number of ether oxygens (including phenoxy) is 1. The van der Waals surface area contributed by atoms with Gasteiger partial charge in [0.05, 0.1) is 11.4 Å². The summed E-state index contributed by atoms with van der Waals surface area (Å²) in [6.07, 6.45) is 2.76. The fraction of sp³-hybridized carbons (Fsp3) is 0.533. The highest BCUT2D eigenvalue weighted by Crippen LogP contribution is 2.40. The van der Waals surface area contributed by atoms with Crippen molar-refractivity contribution in [2.75, 3.05) is 37.3 Å². The number of nitrogens with zero attached hydrogens (tertiary/aromatic N) is 4. The molecule has 224 valence electrons. The van der Waals surface area contributed by atoms with Gasteiger partial charge in [-0.2, -0.15) is 4.98 Å². The predicted octanol–water partition coefficient (Wildman–Crippen LogP) is 6.13. The van der Waals surface area contributed by atoms with Gasteiger partial charge in [-0.05, 0) is 74.1 Å². The molecule has 0 radical (unpaired) electrons. The van der Waals surface area contributed by atoms with E-state index >= 15 is 4.39 Å². The summed E-state index contributed by atoms with van der Waals surface area (Å²) in [6, 6.07) is 12.1. The molecule has 2 aromatic carbocycles. The Morgan fingerprint density at radius 1 is 1.10 bits per heavy atom. The molecule has 1 heterocycles. The summed E-state index contributed by atoms with van der Waals surface area (Å²) in [6.45, 7) is 13.9. The molecule has 0 unspecified atom stereocenters. The van der Waals surface area contributed by atoms with Crippen molar-refractivity contribution in [1.29, 1.82) is 0 Å². The number of fused-ring (bicyclic) bond motifs is 1. The maximum atomic E-state index is 15.1. The SMILES string of the molecule is CCN(CC)CCCS(=O)(=O)c1nc(Nc2c(-c3ccccc3)cc(F)c3c2CCC3)nn1COCC[Si](C)(C)C. The lowest BCUT2D eigenvalue weighted by Crippen LogP contribution is -2.26. The Labute approximate surface area is 245 Å². The molecule has 1 aromatic heterocycles. The smallest absolute Gasteiger partial charge is 0.249 e. The van der Waals surface area contributed by atoms with Crippen molar-refractivity contribution in [3.8, 4) is 11.1 Å². The minimum atomic E-state index is -3.73. The third kappa shape index (κ3) is 8.03. The van der Waals surface area contributed by atoms with Gasteiger partial charge < -0.3 is 15.0 Å². The van der Waals surface area contributed by atoms with Gasteiger partial charge in [0.25, 0.3) is 0 Å². The van der Waals surface area contributed by atoms with E-state index in [-0.39, 0.29) is 29.4 Å². The van der Waals surface area contributed by atoms with E-state index in [0.717, 1.165) is 48.8 Å². The number of benzene rings is 2. The van der Waals surface area contributed by atoms with E-state index in [0.29, 0.717) is 37.1 Å². The standard InChI is InChI=1S/C30H44FN5O3SSi/c1-6-35(7-2)17-12-19-40(37,38)30-33-29(34-36(30)22-39-18-20-41(3,4)5)32-28-25-16-11-15-24(25)27(31)21-26(28)23-13-9-8-10-14-23/h8-10,13-14,21H,6-7,11-12,15-20,22H2,1-5H3,(H,32,34). The van der Waals surface area contributed by atoms with Crippen LogP contribution < -0.4 is 5.32 Å². The first-order chi connectivity index (χ1) is 19.5. The fourth-order valence-electron chi connectivity index (χ4n) is 5.17. The van der Waals surface area contributed by atoms with Crippen molar-refractivity contribution in [2.24, 2.45) is 0 Å². The number of nitrogens with one attached hydrogen (secondary N) is 1. The lowest BCUT2D eigenvalue weighted by Gasteiger charge is -2.17. The topological polar surface area (TPSA) is 89.4 Å². The molecule has 1 aliphatic carbocycles. The van der Waals surface area contributed by atoms with Crippen molar-refractivity contribution < 1.29 is 17.5 Å². The number of aromatic nitrogens is 3. The number of anilines is 2. The number of rotatable bonds is 15. The second-order valence-electron chi connectivity index (χ2n) is 11.8. The van der Waals surface area contributed by atoms with Crippen LogP contribution in [0.4, 0.5) is 16.0 Å². The zero-order valence-corrected chi connectivity index (χ0v) is 26.9. The van der Waals surface area contributed by atoms with Gasteiger partial charge in [0.15, 0.2) is 0 Å². The summed E-state index contributed by atoms with van der Waals surface area (Å²) in [5.41, 5.74) is 3.89. The van der Waals surface area contributed by atoms with Crippen molar-refractivity contribution in [2.45, 2.75) is 77.1 Å². The van der Waals surface area contributed by atoms with Gasteiger partial charge in [-0.1, -0.05) is 63.8 Å². The second-order valence-corrected chi connectivity index (χ2v) is 19.5. The van der Waals surface area contributed by atoms with Crippen molar-refractivity contribution in [3.63, 3.8) is 0 Å². The molecule has 8 nitrogen and oxygen atoms in total. The Balaban J connectivity index is 1.67. The lowest BCUT2D eigenvalue weighted by atomic mass is 9.97. The first-order valence-electron chi connectivity index (χ1n) is 14.7. The van der Waals surface area contributed by atoms with Crippen LogP contribution in [-0.2, 0) is 34.1 Å². The molecular weight excluding hydrogens is 558 g/mol. The largest absolute Gasteiger partial charge is 0.359 e. The van der Waals surface area contributed by atoms with Gasteiger partial charge in [0.2, 0.25) is 20.9 Å². The average molecular weight is 602 g/mol. The Hall–Kier alpha value is -2.60. The molecule has 3 aromatic rings. The summed E-state index contributed by atoms with van der Waals surface area (Å²) in [7, 11) is -5.05. The first-order valence-corrected chi connectivity index (χ1v) is 20.0. The quantitative estimate of drug-likeness (QED) is 0.165. The Morgan fingerprint density at radius 3 is 2.49 bits per heavy atom.